The number of aromatic nitrogens is 2. The summed E-state index contributed by atoms with van der Waals surface area (Å²) in [6.45, 7) is 0. The number of thiophene rings is 1. The second-order valence-electron chi connectivity index (χ2n) is 3.81. The number of nitrogens with zero attached hydrogens (tertiary/aromatic N) is 2. The van der Waals surface area contributed by atoms with Crippen LogP contribution >= 0.6 is 22.9 Å². The van der Waals surface area contributed by atoms with Crippen LogP contribution in [0, 0.1) is 0 Å². The number of hydrazine groups is 1. The number of hydrogen-bond acceptors (Lipinski definition) is 6. The molecule has 19 heavy (non-hydrogen) atoms. The SMILES string of the molecule is NNc1nc(Nc2cccc(Cl)c2)c2ccsc2n1. The molecule has 1 aromatic carbocycles. The Morgan fingerprint density at radius 2 is 2.11 bits per heavy atom. The third-order valence-corrected chi connectivity index (χ3v) is 3.58. The fourth-order valence-electron chi connectivity index (χ4n) is 1.72. The Morgan fingerprint density at radius 1 is 1.21 bits per heavy atom. The van der Waals surface area contributed by atoms with E-state index < -0.39 is 0 Å². The largest absolute Gasteiger partial charge is 0.339 e. The van der Waals surface area contributed by atoms with E-state index in [0.29, 0.717) is 16.8 Å². The normalized spacial score (nSPS) is 10.6. The smallest absolute Gasteiger partial charge is 0.240 e. The van der Waals surface area contributed by atoms with E-state index in [2.05, 4.69) is 20.7 Å². The standard InChI is InChI=1S/C12H10ClN5S/c13-7-2-1-3-8(6-7)15-10-9-4-5-19-11(9)17-12(16-10)18-14/h1-6H,14H2,(H2,15,16,17,18). The topological polar surface area (TPSA) is 75.9 Å². The predicted octanol–water partition coefficient (Wildman–Crippen LogP) is 3.37. The summed E-state index contributed by atoms with van der Waals surface area (Å²) in [6, 6.07) is 9.41. The number of benzene rings is 1. The van der Waals surface area contributed by atoms with Gasteiger partial charge in [-0.3, -0.25) is 5.43 Å². The molecular weight excluding hydrogens is 282 g/mol. The molecule has 0 saturated carbocycles. The molecule has 3 rings (SSSR count). The molecule has 2 aromatic heterocycles. The average molecular weight is 292 g/mol. The predicted molar refractivity (Wildman–Crippen MR) is 80.0 cm³/mol. The van der Waals surface area contributed by atoms with Crippen LogP contribution in [0.4, 0.5) is 17.5 Å². The first-order valence-corrected chi connectivity index (χ1v) is 6.76. The van der Waals surface area contributed by atoms with E-state index >= 15 is 0 Å². The highest BCUT2D eigenvalue weighted by Gasteiger charge is 2.08. The summed E-state index contributed by atoms with van der Waals surface area (Å²) >= 11 is 7.50. The number of anilines is 3. The van der Waals surface area contributed by atoms with Gasteiger partial charge in [-0.2, -0.15) is 4.98 Å². The van der Waals surface area contributed by atoms with E-state index in [1.165, 1.54) is 11.3 Å². The molecule has 0 bridgehead atoms. The number of nitrogen functional groups attached to an aromatic ring is 1. The van der Waals surface area contributed by atoms with Crippen molar-refractivity contribution in [2.45, 2.75) is 0 Å². The third kappa shape index (κ3) is 2.46. The van der Waals surface area contributed by atoms with Crippen molar-refractivity contribution in [3.8, 4) is 0 Å². The lowest BCUT2D eigenvalue weighted by molar-refractivity contribution is 1.16. The Morgan fingerprint density at radius 3 is 2.89 bits per heavy atom. The molecule has 0 amide bonds. The summed E-state index contributed by atoms with van der Waals surface area (Å²) in [5, 5.41) is 6.80. The first-order chi connectivity index (χ1) is 9.26. The zero-order valence-electron chi connectivity index (χ0n) is 9.72. The van der Waals surface area contributed by atoms with E-state index in [0.717, 1.165) is 15.9 Å². The number of halogens is 1. The maximum atomic E-state index is 5.96. The van der Waals surface area contributed by atoms with Crippen molar-refractivity contribution >= 4 is 50.6 Å². The molecule has 4 N–H and O–H groups in total. The molecule has 7 heteroatoms. The molecule has 0 unspecified atom stereocenters. The van der Waals surface area contributed by atoms with Gasteiger partial charge in [0.25, 0.3) is 0 Å². The average Bonchev–Trinajstić information content (AvgIpc) is 2.87. The van der Waals surface area contributed by atoms with Crippen LogP contribution in [0.25, 0.3) is 10.2 Å². The number of nitrogens with one attached hydrogen (secondary N) is 2. The van der Waals surface area contributed by atoms with Gasteiger partial charge in [0.15, 0.2) is 0 Å². The second-order valence-corrected chi connectivity index (χ2v) is 5.15. The molecule has 2 heterocycles. The maximum Gasteiger partial charge on any atom is 0.240 e. The Bertz CT molecular complexity index is 727. The summed E-state index contributed by atoms with van der Waals surface area (Å²) in [4.78, 5) is 9.47. The van der Waals surface area contributed by atoms with Crippen molar-refractivity contribution in [3.05, 3.63) is 40.7 Å². The molecule has 0 fully saturated rings. The van der Waals surface area contributed by atoms with Crippen LogP contribution in [-0.4, -0.2) is 9.97 Å². The van der Waals surface area contributed by atoms with Gasteiger partial charge in [0.1, 0.15) is 10.6 Å². The van der Waals surface area contributed by atoms with E-state index in [1.54, 1.807) is 0 Å². The van der Waals surface area contributed by atoms with Gasteiger partial charge in [0, 0.05) is 10.7 Å². The van der Waals surface area contributed by atoms with Crippen LogP contribution in [-0.2, 0) is 0 Å². The highest BCUT2D eigenvalue weighted by atomic mass is 35.5. The summed E-state index contributed by atoms with van der Waals surface area (Å²) in [5.41, 5.74) is 3.33. The Balaban J connectivity index is 2.06. The van der Waals surface area contributed by atoms with Crippen LogP contribution in [0.1, 0.15) is 0 Å². The van der Waals surface area contributed by atoms with Crippen molar-refractivity contribution in [2.24, 2.45) is 5.84 Å². The van der Waals surface area contributed by atoms with Gasteiger partial charge in [-0.1, -0.05) is 17.7 Å². The van der Waals surface area contributed by atoms with Crippen LogP contribution in [0.3, 0.4) is 0 Å². The van der Waals surface area contributed by atoms with E-state index in [-0.39, 0.29) is 0 Å². The number of nitrogens with two attached hydrogens (primary N) is 1. The second kappa shape index (κ2) is 5.00. The van der Waals surface area contributed by atoms with Gasteiger partial charge < -0.3 is 5.32 Å². The highest BCUT2D eigenvalue weighted by Crippen LogP contribution is 2.29. The molecule has 0 aliphatic rings. The Labute approximate surface area is 118 Å². The maximum absolute atomic E-state index is 5.96. The summed E-state index contributed by atoms with van der Waals surface area (Å²) in [5.74, 6) is 6.45. The van der Waals surface area contributed by atoms with E-state index in [9.17, 15) is 0 Å². The molecule has 0 aliphatic carbocycles. The lowest BCUT2D eigenvalue weighted by Gasteiger charge is -2.08. The monoisotopic (exact) mass is 291 g/mol. The van der Waals surface area contributed by atoms with Crippen LogP contribution in [0.2, 0.25) is 5.02 Å². The molecule has 0 spiro atoms. The van der Waals surface area contributed by atoms with Gasteiger partial charge in [-0.15, -0.1) is 11.3 Å². The molecule has 96 valence electrons. The molecule has 5 nitrogen and oxygen atoms in total. The molecular formula is C12H10ClN5S. The molecule has 0 radical (unpaired) electrons. The van der Waals surface area contributed by atoms with E-state index in [1.807, 2.05) is 35.7 Å². The van der Waals surface area contributed by atoms with Gasteiger partial charge in [-0.05, 0) is 29.6 Å². The number of rotatable bonds is 3. The lowest BCUT2D eigenvalue weighted by Crippen LogP contribution is -2.11. The van der Waals surface area contributed by atoms with Crippen molar-refractivity contribution in [2.75, 3.05) is 10.7 Å². The minimum atomic E-state index is 0.375. The van der Waals surface area contributed by atoms with Crippen LogP contribution in [0.15, 0.2) is 35.7 Å². The molecule has 0 aliphatic heterocycles. The Hall–Kier alpha value is -1.89. The quantitative estimate of drug-likeness (QED) is 0.509. The van der Waals surface area contributed by atoms with Crippen LogP contribution < -0.4 is 16.6 Å². The first-order valence-electron chi connectivity index (χ1n) is 5.51. The van der Waals surface area contributed by atoms with Crippen molar-refractivity contribution in [1.82, 2.24) is 9.97 Å². The minimum Gasteiger partial charge on any atom is -0.339 e. The first kappa shape index (κ1) is 12.2. The number of fused-ring (bicyclic) bond motifs is 1. The van der Waals surface area contributed by atoms with Crippen molar-refractivity contribution < 1.29 is 0 Å². The number of hydrogen-bond donors (Lipinski definition) is 3. The van der Waals surface area contributed by atoms with Crippen LogP contribution in [0.5, 0.6) is 0 Å². The van der Waals surface area contributed by atoms with Crippen molar-refractivity contribution in [1.29, 1.82) is 0 Å². The summed E-state index contributed by atoms with van der Waals surface area (Å²) in [7, 11) is 0. The summed E-state index contributed by atoms with van der Waals surface area (Å²) < 4.78 is 0. The van der Waals surface area contributed by atoms with Gasteiger partial charge in [0.05, 0.1) is 5.39 Å². The fourth-order valence-corrected chi connectivity index (χ4v) is 2.67. The molecule has 3 aromatic rings. The summed E-state index contributed by atoms with van der Waals surface area (Å²) in [6.07, 6.45) is 0. The zero-order valence-corrected chi connectivity index (χ0v) is 11.3. The highest BCUT2D eigenvalue weighted by molar-refractivity contribution is 7.16. The molecule has 0 atom stereocenters. The third-order valence-electron chi connectivity index (χ3n) is 2.54. The molecule has 0 saturated heterocycles. The lowest BCUT2D eigenvalue weighted by atomic mass is 10.3. The zero-order chi connectivity index (χ0) is 13.2. The Kier molecular flexibility index (Phi) is 3.20. The van der Waals surface area contributed by atoms with E-state index in [4.69, 9.17) is 17.4 Å². The van der Waals surface area contributed by atoms with Gasteiger partial charge in [-0.25, -0.2) is 10.8 Å². The van der Waals surface area contributed by atoms with Gasteiger partial charge >= 0.3 is 0 Å². The minimum absolute atomic E-state index is 0.375. The fraction of sp³-hybridized carbons (Fsp3) is 0. The van der Waals surface area contributed by atoms with Crippen molar-refractivity contribution in [3.63, 3.8) is 0 Å². The van der Waals surface area contributed by atoms with Gasteiger partial charge in [0.2, 0.25) is 5.95 Å².